The summed E-state index contributed by atoms with van der Waals surface area (Å²) < 4.78 is 48.7. The molecule has 6 nitrogen and oxygen atoms in total. The number of rotatable bonds is 4. The lowest BCUT2D eigenvalue weighted by Crippen LogP contribution is -2.36. The molecule has 3 heterocycles. The van der Waals surface area contributed by atoms with E-state index < -0.39 is 10.0 Å². The van der Waals surface area contributed by atoms with Gasteiger partial charge in [-0.3, -0.25) is 0 Å². The largest absolute Gasteiger partial charge is 0.378 e. The second-order valence-electron chi connectivity index (χ2n) is 9.46. The van der Waals surface area contributed by atoms with E-state index in [9.17, 15) is 12.8 Å². The third-order valence-electron chi connectivity index (χ3n) is 7.21. The van der Waals surface area contributed by atoms with Crippen molar-refractivity contribution < 1.29 is 17.5 Å². The standard InChI is InChI=1S/C28H28FN3O3S/c1-20-2-9-24(10-3-20)36(33,34)32-27-11-4-21(29)18-25(27)26-19-31(13-12-28(26)32)23-7-5-22(6-8-23)30-14-16-35-17-15-30/h2-11,18H,12-17,19H2,1H3. The molecule has 3 aromatic carbocycles. The van der Waals surface area contributed by atoms with Gasteiger partial charge in [0.2, 0.25) is 0 Å². The summed E-state index contributed by atoms with van der Waals surface area (Å²) in [4.78, 5) is 4.78. The first-order chi connectivity index (χ1) is 17.4. The van der Waals surface area contributed by atoms with Crippen LogP contribution in [-0.2, 0) is 27.7 Å². The van der Waals surface area contributed by atoms with Crippen LogP contribution in [0.15, 0.2) is 71.6 Å². The Balaban J connectivity index is 1.38. The molecule has 0 saturated carbocycles. The molecular weight excluding hydrogens is 477 g/mol. The predicted octanol–water partition coefficient (Wildman–Crippen LogP) is 4.73. The van der Waals surface area contributed by atoms with Gasteiger partial charge in [-0.1, -0.05) is 17.7 Å². The quantitative estimate of drug-likeness (QED) is 0.402. The highest BCUT2D eigenvalue weighted by atomic mass is 32.2. The number of hydrogen-bond acceptors (Lipinski definition) is 5. The Morgan fingerprint density at radius 2 is 1.50 bits per heavy atom. The van der Waals surface area contributed by atoms with Gasteiger partial charge in [-0.25, -0.2) is 16.8 Å². The van der Waals surface area contributed by atoms with Crippen molar-refractivity contribution in [3.05, 3.63) is 89.4 Å². The number of halogens is 1. The van der Waals surface area contributed by atoms with Crippen LogP contribution >= 0.6 is 0 Å². The minimum Gasteiger partial charge on any atom is -0.378 e. The van der Waals surface area contributed by atoms with E-state index in [1.54, 1.807) is 30.3 Å². The molecule has 1 fully saturated rings. The monoisotopic (exact) mass is 505 g/mol. The molecule has 2 aliphatic rings. The summed E-state index contributed by atoms with van der Waals surface area (Å²) in [5.41, 5.74) is 5.34. The van der Waals surface area contributed by atoms with Gasteiger partial charge in [0.25, 0.3) is 10.0 Å². The first-order valence-corrected chi connectivity index (χ1v) is 13.7. The van der Waals surface area contributed by atoms with E-state index in [2.05, 4.69) is 34.1 Å². The maximum absolute atomic E-state index is 14.3. The lowest BCUT2D eigenvalue weighted by molar-refractivity contribution is 0.122. The molecule has 186 valence electrons. The Morgan fingerprint density at radius 1 is 0.833 bits per heavy atom. The Bertz CT molecular complexity index is 1520. The molecule has 4 aromatic rings. The zero-order valence-electron chi connectivity index (χ0n) is 20.2. The average Bonchev–Trinajstić information content (AvgIpc) is 3.23. The van der Waals surface area contributed by atoms with Gasteiger partial charge in [0.05, 0.1) is 23.6 Å². The maximum atomic E-state index is 14.3. The minimum absolute atomic E-state index is 0.234. The number of morpholine rings is 1. The SMILES string of the molecule is Cc1ccc(S(=O)(=O)n2c3c(c4cc(F)ccc42)CN(c2ccc(N4CCOCC4)cc2)CC3)cc1. The van der Waals surface area contributed by atoms with E-state index in [0.29, 0.717) is 30.4 Å². The molecule has 0 aliphatic carbocycles. The molecule has 0 spiro atoms. The van der Waals surface area contributed by atoms with Gasteiger partial charge in [0.15, 0.2) is 0 Å². The zero-order valence-corrected chi connectivity index (χ0v) is 21.0. The lowest BCUT2D eigenvalue weighted by atomic mass is 10.0. The molecule has 0 unspecified atom stereocenters. The average molecular weight is 506 g/mol. The van der Waals surface area contributed by atoms with Crippen LogP contribution in [-0.4, -0.2) is 45.2 Å². The molecule has 0 radical (unpaired) electrons. The highest BCUT2D eigenvalue weighted by Crippen LogP contribution is 2.36. The summed E-state index contributed by atoms with van der Waals surface area (Å²) in [7, 11) is -3.83. The Hall–Kier alpha value is -3.36. The molecule has 1 saturated heterocycles. The molecule has 0 N–H and O–H groups in total. The van der Waals surface area contributed by atoms with Crippen LogP contribution in [0, 0.1) is 12.7 Å². The van der Waals surface area contributed by atoms with E-state index in [-0.39, 0.29) is 10.7 Å². The summed E-state index contributed by atoms with van der Waals surface area (Å²) in [5.74, 6) is -0.373. The van der Waals surface area contributed by atoms with Gasteiger partial charge < -0.3 is 14.5 Å². The molecule has 2 aliphatic heterocycles. The topological polar surface area (TPSA) is 54.8 Å². The normalized spacial score (nSPS) is 16.4. The number of fused-ring (bicyclic) bond motifs is 3. The van der Waals surface area contributed by atoms with Crippen molar-refractivity contribution in [2.75, 3.05) is 42.6 Å². The third-order valence-corrected chi connectivity index (χ3v) is 8.98. The molecule has 0 atom stereocenters. The van der Waals surface area contributed by atoms with E-state index in [1.165, 1.54) is 21.8 Å². The van der Waals surface area contributed by atoms with Gasteiger partial charge in [-0.2, -0.15) is 0 Å². The van der Waals surface area contributed by atoms with Gasteiger partial charge in [0, 0.05) is 60.6 Å². The fourth-order valence-corrected chi connectivity index (χ4v) is 6.90. The van der Waals surface area contributed by atoms with Crippen molar-refractivity contribution in [3.63, 3.8) is 0 Å². The summed E-state index contributed by atoms with van der Waals surface area (Å²) in [6.07, 6.45) is 0.544. The van der Waals surface area contributed by atoms with Crippen molar-refractivity contribution >= 4 is 32.3 Å². The van der Waals surface area contributed by atoms with Crippen molar-refractivity contribution in [1.29, 1.82) is 0 Å². The number of aromatic nitrogens is 1. The highest BCUT2D eigenvalue weighted by molar-refractivity contribution is 7.90. The van der Waals surface area contributed by atoms with Crippen LogP contribution in [0.5, 0.6) is 0 Å². The number of benzene rings is 3. The van der Waals surface area contributed by atoms with Gasteiger partial charge >= 0.3 is 0 Å². The van der Waals surface area contributed by atoms with Crippen molar-refractivity contribution in [2.24, 2.45) is 0 Å². The number of nitrogens with zero attached hydrogens (tertiary/aromatic N) is 3. The highest BCUT2D eigenvalue weighted by Gasteiger charge is 2.30. The van der Waals surface area contributed by atoms with E-state index in [1.807, 2.05) is 6.92 Å². The molecule has 0 bridgehead atoms. The van der Waals surface area contributed by atoms with Crippen LogP contribution in [0.4, 0.5) is 15.8 Å². The Labute approximate surface area is 210 Å². The number of anilines is 2. The summed E-state index contributed by atoms with van der Waals surface area (Å²) in [6.45, 7) is 6.36. The molecule has 0 amide bonds. The van der Waals surface area contributed by atoms with Crippen LogP contribution in [0.3, 0.4) is 0 Å². The van der Waals surface area contributed by atoms with Crippen LogP contribution in [0.1, 0.15) is 16.8 Å². The number of hydrogen-bond donors (Lipinski definition) is 0. The first-order valence-electron chi connectivity index (χ1n) is 12.2. The second kappa shape index (κ2) is 8.94. The fraction of sp³-hybridized carbons (Fsp3) is 0.286. The van der Waals surface area contributed by atoms with Gasteiger partial charge in [-0.05, 0) is 61.5 Å². The second-order valence-corrected chi connectivity index (χ2v) is 11.2. The zero-order chi connectivity index (χ0) is 24.9. The predicted molar refractivity (Wildman–Crippen MR) is 140 cm³/mol. The summed E-state index contributed by atoms with van der Waals surface area (Å²) >= 11 is 0. The smallest absolute Gasteiger partial charge is 0.268 e. The number of ether oxygens (including phenoxy) is 1. The molecular formula is C28H28FN3O3S. The van der Waals surface area contributed by atoms with Crippen LogP contribution in [0.25, 0.3) is 10.9 Å². The molecule has 8 heteroatoms. The molecule has 1 aromatic heterocycles. The van der Waals surface area contributed by atoms with Crippen molar-refractivity contribution in [3.8, 4) is 0 Å². The van der Waals surface area contributed by atoms with Gasteiger partial charge in [0.1, 0.15) is 5.82 Å². The van der Waals surface area contributed by atoms with Crippen molar-refractivity contribution in [2.45, 2.75) is 24.8 Å². The Morgan fingerprint density at radius 3 is 2.19 bits per heavy atom. The molecule has 6 rings (SSSR count). The summed E-state index contributed by atoms with van der Waals surface area (Å²) in [6, 6.07) is 19.7. The van der Waals surface area contributed by atoms with E-state index in [4.69, 9.17) is 4.74 Å². The fourth-order valence-electron chi connectivity index (χ4n) is 5.30. The van der Waals surface area contributed by atoms with Gasteiger partial charge in [-0.15, -0.1) is 0 Å². The van der Waals surface area contributed by atoms with Crippen molar-refractivity contribution in [1.82, 2.24) is 3.97 Å². The van der Waals surface area contributed by atoms with E-state index >= 15 is 0 Å². The van der Waals surface area contributed by atoms with Crippen LogP contribution in [0.2, 0.25) is 0 Å². The summed E-state index contributed by atoms with van der Waals surface area (Å²) in [5, 5.41) is 0.648. The van der Waals surface area contributed by atoms with Crippen LogP contribution < -0.4 is 9.80 Å². The van der Waals surface area contributed by atoms with E-state index in [0.717, 1.165) is 48.8 Å². The Kier molecular flexibility index (Phi) is 5.73. The number of aryl methyl sites for hydroxylation is 1. The maximum Gasteiger partial charge on any atom is 0.268 e. The minimum atomic E-state index is -3.83. The lowest BCUT2D eigenvalue weighted by Gasteiger charge is -2.32. The molecule has 36 heavy (non-hydrogen) atoms. The first kappa shape index (κ1) is 23.1. The third kappa shape index (κ3) is 3.94.